The molecule has 1 aromatic carbocycles. The van der Waals surface area contributed by atoms with Crippen LogP contribution in [0.15, 0.2) is 23.8 Å². The number of allylic oxidation sites excluding steroid dienone is 1. The minimum absolute atomic E-state index is 0.190. The summed E-state index contributed by atoms with van der Waals surface area (Å²) in [5.74, 6) is 0. The molecule has 0 N–H and O–H groups in total. The van der Waals surface area contributed by atoms with E-state index in [9.17, 15) is 13.2 Å². The summed E-state index contributed by atoms with van der Waals surface area (Å²) >= 11 is 5.62. The van der Waals surface area contributed by atoms with Gasteiger partial charge in [-0.25, -0.2) is 0 Å². The maximum absolute atomic E-state index is 12.5. The number of benzene rings is 1. The summed E-state index contributed by atoms with van der Waals surface area (Å²) in [7, 11) is 0. The van der Waals surface area contributed by atoms with Gasteiger partial charge in [-0.05, 0) is 24.6 Å². The van der Waals surface area contributed by atoms with E-state index in [2.05, 4.69) is 0 Å². The van der Waals surface area contributed by atoms with Crippen LogP contribution in [0.25, 0.3) is 6.08 Å². The zero-order valence-corrected chi connectivity index (χ0v) is 9.02. The van der Waals surface area contributed by atoms with Gasteiger partial charge in [-0.2, -0.15) is 18.4 Å². The largest absolute Gasteiger partial charge is 0.417 e. The summed E-state index contributed by atoms with van der Waals surface area (Å²) in [5, 5.41) is 8.15. The number of halogens is 4. The Morgan fingerprint density at radius 2 is 2.06 bits per heavy atom. The monoisotopic (exact) mass is 245 g/mol. The predicted molar refractivity (Wildman–Crippen MR) is 55.7 cm³/mol. The van der Waals surface area contributed by atoms with E-state index < -0.39 is 11.7 Å². The zero-order valence-electron chi connectivity index (χ0n) is 8.27. The van der Waals surface area contributed by atoms with Gasteiger partial charge in [0.15, 0.2) is 0 Å². The maximum atomic E-state index is 12.5. The molecule has 1 aromatic rings. The molecule has 1 rings (SSSR count). The highest BCUT2D eigenvalue weighted by atomic mass is 35.5. The van der Waals surface area contributed by atoms with Gasteiger partial charge in [0.2, 0.25) is 0 Å². The predicted octanol–water partition coefficient (Wildman–Crippen LogP) is 4.29. The Morgan fingerprint density at radius 1 is 1.44 bits per heavy atom. The lowest BCUT2D eigenvalue weighted by Gasteiger charge is -2.10. The summed E-state index contributed by atoms with van der Waals surface area (Å²) in [6.45, 7) is 1.50. The fourth-order valence-electron chi connectivity index (χ4n) is 1.15. The second-order valence-corrected chi connectivity index (χ2v) is 3.52. The van der Waals surface area contributed by atoms with Crippen molar-refractivity contribution in [2.24, 2.45) is 0 Å². The van der Waals surface area contributed by atoms with E-state index in [1.54, 1.807) is 0 Å². The molecule has 0 saturated heterocycles. The molecule has 0 heterocycles. The summed E-state index contributed by atoms with van der Waals surface area (Å²) < 4.78 is 37.4. The van der Waals surface area contributed by atoms with E-state index in [4.69, 9.17) is 16.9 Å². The van der Waals surface area contributed by atoms with Crippen LogP contribution in [-0.4, -0.2) is 0 Å². The van der Waals surface area contributed by atoms with Crippen molar-refractivity contribution in [2.45, 2.75) is 13.1 Å². The molecule has 0 aliphatic rings. The number of hydrogen-bond acceptors (Lipinski definition) is 1. The third-order valence-corrected chi connectivity index (χ3v) is 2.30. The molecule has 84 valence electrons. The first-order valence-electron chi connectivity index (χ1n) is 4.30. The molecule has 0 radical (unpaired) electrons. The fourth-order valence-corrected chi connectivity index (χ4v) is 1.43. The van der Waals surface area contributed by atoms with Crippen molar-refractivity contribution in [3.8, 4) is 6.07 Å². The van der Waals surface area contributed by atoms with Crippen LogP contribution in [0.1, 0.15) is 18.1 Å². The summed E-state index contributed by atoms with van der Waals surface area (Å²) in [4.78, 5) is 0. The molecule has 0 atom stereocenters. The van der Waals surface area contributed by atoms with Gasteiger partial charge in [0, 0.05) is 5.57 Å². The Morgan fingerprint density at radius 3 is 2.56 bits per heavy atom. The lowest BCUT2D eigenvalue weighted by molar-refractivity contribution is -0.137. The van der Waals surface area contributed by atoms with Gasteiger partial charge in [0.25, 0.3) is 0 Å². The van der Waals surface area contributed by atoms with E-state index in [0.717, 1.165) is 6.07 Å². The first kappa shape index (κ1) is 12.6. The number of nitrogens with zero attached hydrogens (tertiary/aromatic N) is 1. The van der Waals surface area contributed by atoms with Crippen molar-refractivity contribution in [3.63, 3.8) is 0 Å². The van der Waals surface area contributed by atoms with Crippen molar-refractivity contribution >= 4 is 17.7 Å². The highest BCUT2D eigenvalue weighted by Gasteiger charge is 2.33. The minimum atomic E-state index is -4.48. The Bertz CT molecular complexity index is 469. The van der Waals surface area contributed by atoms with Crippen LogP contribution in [-0.2, 0) is 6.18 Å². The van der Waals surface area contributed by atoms with Gasteiger partial charge in [0.05, 0.1) is 16.7 Å². The molecule has 0 amide bonds. The molecular formula is C11H7ClF3N. The third kappa shape index (κ3) is 2.77. The first-order valence-corrected chi connectivity index (χ1v) is 4.68. The lowest BCUT2D eigenvalue weighted by atomic mass is 10.1. The van der Waals surface area contributed by atoms with Gasteiger partial charge in [-0.3, -0.25) is 0 Å². The summed E-state index contributed by atoms with van der Waals surface area (Å²) in [6.07, 6.45) is -3.17. The maximum Gasteiger partial charge on any atom is 0.417 e. The van der Waals surface area contributed by atoms with E-state index in [1.165, 1.54) is 25.1 Å². The Hall–Kier alpha value is -1.47. The number of alkyl halides is 3. The standard InChI is InChI=1S/C11H7ClF3N/c1-7(6-16)5-8-3-2-4-9(10(8)12)11(13,14)15/h2-5H,1H3/b7-5-. The van der Waals surface area contributed by atoms with E-state index in [1.807, 2.05) is 6.07 Å². The normalized spacial score (nSPS) is 12.4. The van der Waals surface area contributed by atoms with Gasteiger partial charge >= 0.3 is 6.18 Å². The molecule has 0 fully saturated rings. The summed E-state index contributed by atoms with van der Waals surface area (Å²) in [5.41, 5.74) is -0.412. The van der Waals surface area contributed by atoms with E-state index >= 15 is 0 Å². The second-order valence-electron chi connectivity index (χ2n) is 3.15. The SMILES string of the molecule is C/C(C#N)=C/c1cccc(C(F)(F)F)c1Cl. The van der Waals surface area contributed by atoms with Crippen LogP contribution in [0, 0.1) is 11.3 Å². The average molecular weight is 246 g/mol. The van der Waals surface area contributed by atoms with E-state index in [-0.39, 0.29) is 10.6 Å². The molecule has 1 nitrogen and oxygen atoms in total. The van der Waals surface area contributed by atoms with Gasteiger partial charge in [-0.15, -0.1) is 0 Å². The Labute approximate surface area is 95.8 Å². The number of nitriles is 1. The zero-order chi connectivity index (χ0) is 12.3. The van der Waals surface area contributed by atoms with Crippen LogP contribution in [0.4, 0.5) is 13.2 Å². The van der Waals surface area contributed by atoms with Crippen LogP contribution in [0.2, 0.25) is 5.02 Å². The molecule has 0 spiro atoms. The highest BCUT2D eigenvalue weighted by molar-refractivity contribution is 6.33. The smallest absolute Gasteiger partial charge is 0.193 e. The number of hydrogen-bond donors (Lipinski definition) is 0. The summed E-state index contributed by atoms with van der Waals surface area (Å²) in [6, 6.07) is 5.41. The van der Waals surface area contributed by atoms with Crippen LogP contribution < -0.4 is 0 Å². The van der Waals surface area contributed by atoms with Crippen molar-refractivity contribution in [2.75, 3.05) is 0 Å². The van der Waals surface area contributed by atoms with Crippen LogP contribution in [0.3, 0.4) is 0 Å². The topological polar surface area (TPSA) is 23.8 Å². The highest BCUT2D eigenvalue weighted by Crippen LogP contribution is 2.36. The van der Waals surface area contributed by atoms with Crippen molar-refractivity contribution in [3.05, 3.63) is 39.9 Å². The van der Waals surface area contributed by atoms with Crippen LogP contribution in [0.5, 0.6) is 0 Å². The third-order valence-electron chi connectivity index (χ3n) is 1.88. The van der Waals surface area contributed by atoms with E-state index in [0.29, 0.717) is 5.57 Å². The van der Waals surface area contributed by atoms with Gasteiger partial charge in [0.1, 0.15) is 0 Å². The molecular weight excluding hydrogens is 239 g/mol. The molecule has 0 bridgehead atoms. The molecule has 0 aliphatic carbocycles. The van der Waals surface area contributed by atoms with Crippen molar-refractivity contribution in [1.82, 2.24) is 0 Å². The second kappa shape index (κ2) is 4.58. The molecule has 16 heavy (non-hydrogen) atoms. The molecule has 5 heteroatoms. The van der Waals surface area contributed by atoms with Crippen molar-refractivity contribution in [1.29, 1.82) is 5.26 Å². The Kier molecular flexibility index (Phi) is 3.61. The van der Waals surface area contributed by atoms with Gasteiger partial charge < -0.3 is 0 Å². The van der Waals surface area contributed by atoms with Crippen molar-refractivity contribution < 1.29 is 13.2 Å². The molecule has 0 saturated carbocycles. The Balaban J connectivity index is 3.32. The minimum Gasteiger partial charge on any atom is -0.193 e. The molecule has 0 aromatic heterocycles. The fraction of sp³-hybridized carbons (Fsp3) is 0.182. The van der Waals surface area contributed by atoms with Crippen LogP contribution >= 0.6 is 11.6 Å². The molecule has 0 aliphatic heterocycles. The average Bonchev–Trinajstić information content (AvgIpc) is 2.19. The molecule has 0 unspecified atom stereocenters. The first-order chi connectivity index (χ1) is 7.36. The lowest BCUT2D eigenvalue weighted by Crippen LogP contribution is -2.06. The number of rotatable bonds is 1. The van der Waals surface area contributed by atoms with Gasteiger partial charge in [-0.1, -0.05) is 23.7 Å². The quantitative estimate of drug-likeness (QED) is 0.677.